The van der Waals surface area contributed by atoms with Crippen molar-refractivity contribution >= 4 is 34.0 Å². The maximum absolute atomic E-state index is 12.5. The van der Waals surface area contributed by atoms with E-state index in [1.165, 1.54) is 12.8 Å². The zero-order valence-corrected chi connectivity index (χ0v) is 14.4. The van der Waals surface area contributed by atoms with E-state index in [0.717, 1.165) is 23.6 Å². The molecule has 5 nitrogen and oxygen atoms in total. The summed E-state index contributed by atoms with van der Waals surface area (Å²) in [6, 6.07) is 11.9. The largest absolute Gasteiger partial charge is 0.496 e. The summed E-state index contributed by atoms with van der Waals surface area (Å²) in [4.78, 5) is 12.5. The summed E-state index contributed by atoms with van der Waals surface area (Å²) in [5.74, 6) is 0.246. The molecule has 1 aliphatic carbocycles. The highest BCUT2D eigenvalue weighted by molar-refractivity contribution is 7.80. The van der Waals surface area contributed by atoms with Crippen LogP contribution in [0.3, 0.4) is 0 Å². The third kappa shape index (κ3) is 3.76. The Hall–Kier alpha value is -2.34. The first-order valence-electron chi connectivity index (χ1n) is 8.11. The van der Waals surface area contributed by atoms with Crippen LogP contribution in [0, 0.1) is 0 Å². The fourth-order valence-electron chi connectivity index (χ4n) is 3.04. The van der Waals surface area contributed by atoms with Crippen LogP contribution in [-0.2, 0) is 0 Å². The topological polar surface area (TPSA) is 62.4 Å². The fraction of sp³-hybridized carbons (Fsp3) is 0.333. The summed E-state index contributed by atoms with van der Waals surface area (Å²) in [5.41, 5.74) is 5.88. The Labute approximate surface area is 146 Å². The van der Waals surface area contributed by atoms with Gasteiger partial charge in [-0.2, -0.15) is 0 Å². The maximum Gasteiger partial charge on any atom is 0.273 e. The highest BCUT2D eigenvalue weighted by atomic mass is 32.1. The molecule has 0 atom stereocenters. The van der Waals surface area contributed by atoms with Gasteiger partial charge in [-0.1, -0.05) is 37.1 Å². The molecular formula is C18H21N3O2S. The number of rotatable bonds is 3. The van der Waals surface area contributed by atoms with Crippen LogP contribution in [0.15, 0.2) is 36.4 Å². The summed E-state index contributed by atoms with van der Waals surface area (Å²) in [6.45, 7) is 0. The molecule has 0 bridgehead atoms. The Bertz CT molecular complexity index is 757. The van der Waals surface area contributed by atoms with E-state index in [9.17, 15) is 4.79 Å². The van der Waals surface area contributed by atoms with E-state index >= 15 is 0 Å². The zero-order chi connectivity index (χ0) is 16.9. The normalized spacial score (nSPS) is 14.4. The van der Waals surface area contributed by atoms with E-state index in [-0.39, 0.29) is 5.91 Å². The number of carbonyl (C=O) groups is 1. The minimum absolute atomic E-state index is 0.284. The van der Waals surface area contributed by atoms with E-state index in [0.29, 0.717) is 22.5 Å². The van der Waals surface area contributed by atoms with Crippen molar-refractivity contribution in [2.45, 2.75) is 31.7 Å². The predicted octanol–water partition coefficient (Wildman–Crippen LogP) is 2.90. The summed E-state index contributed by atoms with van der Waals surface area (Å²) < 4.78 is 5.35. The van der Waals surface area contributed by atoms with Crippen LogP contribution in [0.25, 0.3) is 10.8 Å². The standard InChI is InChI=1S/C18H21N3O2S/c1-23-16-11-13-7-3-2-6-12(13)10-15(16)17(22)20-21-18(24)19-14-8-4-5-9-14/h2-3,6-7,10-11,14H,4-5,8-9H2,1H3,(H,20,22)(H2,19,21,24). The van der Waals surface area contributed by atoms with Gasteiger partial charge >= 0.3 is 0 Å². The van der Waals surface area contributed by atoms with Crippen LogP contribution >= 0.6 is 12.2 Å². The Morgan fingerprint density at radius 1 is 1.12 bits per heavy atom. The van der Waals surface area contributed by atoms with Crippen LogP contribution in [-0.4, -0.2) is 24.2 Å². The van der Waals surface area contributed by atoms with Crippen molar-refractivity contribution < 1.29 is 9.53 Å². The van der Waals surface area contributed by atoms with Gasteiger partial charge in [0.1, 0.15) is 5.75 Å². The molecule has 0 unspecified atom stereocenters. The molecule has 0 heterocycles. The molecule has 1 fully saturated rings. The molecule has 1 amide bonds. The molecule has 6 heteroatoms. The lowest BCUT2D eigenvalue weighted by atomic mass is 10.1. The monoisotopic (exact) mass is 343 g/mol. The predicted molar refractivity (Wildman–Crippen MR) is 99.1 cm³/mol. The summed E-state index contributed by atoms with van der Waals surface area (Å²) in [5, 5.41) is 5.66. The molecule has 1 aliphatic rings. The van der Waals surface area contributed by atoms with Gasteiger partial charge in [0.05, 0.1) is 12.7 Å². The molecule has 0 spiro atoms. The second-order valence-electron chi connectivity index (χ2n) is 5.93. The van der Waals surface area contributed by atoms with Gasteiger partial charge in [-0.25, -0.2) is 0 Å². The molecule has 24 heavy (non-hydrogen) atoms. The molecule has 0 saturated heterocycles. The van der Waals surface area contributed by atoms with Crippen LogP contribution in [0.2, 0.25) is 0 Å². The highest BCUT2D eigenvalue weighted by Crippen LogP contribution is 2.25. The summed E-state index contributed by atoms with van der Waals surface area (Å²) in [6.07, 6.45) is 4.68. The lowest BCUT2D eigenvalue weighted by Gasteiger charge is -2.17. The number of amides is 1. The van der Waals surface area contributed by atoms with Crippen molar-refractivity contribution in [2.75, 3.05) is 7.11 Å². The smallest absolute Gasteiger partial charge is 0.273 e. The Morgan fingerprint density at radius 3 is 2.46 bits per heavy atom. The maximum atomic E-state index is 12.5. The number of methoxy groups -OCH3 is 1. The number of ether oxygens (including phenoxy) is 1. The van der Waals surface area contributed by atoms with Gasteiger partial charge in [-0.3, -0.25) is 15.6 Å². The van der Waals surface area contributed by atoms with Crippen molar-refractivity contribution in [1.82, 2.24) is 16.2 Å². The SMILES string of the molecule is COc1cc2ccccc2cc1C(=O)NNC(=S)NC1CCCC1. The van der Waals surface area contributed by atoms with E-state index < -0.39 is 0 Å². The number of hydrogen-bond donors (Lipinski definition) is 3. The van der Waals surface area contributed by atoms with E-state index in [4.69, 9.17) is 17.0 Å². The summed E-state index contributed by atoms with van der Waals surface area (Å²) >= 11 is 5.23. The van der Waals surface area contributed by atoms with Crippen LogP contribution in [0.4, 0.5) is 0 Å². The number of carbonyl (C=O) groups excluding carboxylic acids is 1. The Kier molecular flexibility index (Phi) is 5.15. The van der Waals surface area contributed by atoms with Crippen LogP contribution < -0.4 is 20.9 Å². The van der Waals surface area contributed by atoms with E-state index in [1.54, 1.807) is 7.11 Å². The Morgan fingerprint density at radius 2 is 1.79 bits per heavy atom. The number of nitrogens with one attached hydrogen (secondary N) is 3. The van der Waals surface area contributed by atoms with Crippen molar-refractivity contribution in [3.05, 3.63) is 42.0 Å². The van der Waals surface area contributed by atoms with Crippen LogP contribution in [0.1, 0.15) is 36.0 Å². The molecule has 3 N–H and O–H groups in total. The molecule has 2 aromatic carbocycles. The highest BCUT2D eigenvalue weighted by Gasteiger charge is 2.17. The van der Waals surface area contributed by atoms with Crippen molar-refractivity contribution in [1.29, 1.82) is 0 Å². The minimum Gasteiger partial charge on any atom is -0.496 e. The molecule has 3 rings (SSSR count). The van der Waals surface area contributed by atoms with Gasteiger partial charge in [0.15, 0.2) is 5.11 Å². The number of hydrazine groups is 1. The molecule has 1 saturated carbocycles. The third-order valence-corrected chi connectivity index (χ3v) is 4.51. The quantitative estimate of drug-likeness (QED) is 0.591. The molecule has 126 valence electrons. The number of hydrogen-bond acceptors (Lipinski definition) is 3. The van der Waals surface area contributed by atoms with E-state index in [1.807, 2.05) is 36.4 Å². The van der Waals surface area contributed by atoms with Gasteiger partial charge in [-0.15, -0.1) is 0 Å². The van der Waals surface area contributed by atoms with E-state index in [2.05, 4.69) is 16.2 Å². The van der Waals surface area contributed by atoms with Crippen LogP contribution in [0.5, 0.6) is 5.75 Å². The van der Waals surface area contributed by atoms with Crippen molar-refractivity contribution in [3.63, 3.8) is 0 Å². The van der Waals surface area contributed by atoms with Gasteiger partial charge in [-0.05, 0) is 48.0 Å². The molecule has 2 aromatic rings. The Balaban J connectivity index is 1.67. The molecule has 0 aliphatic heterocycles. The van der Waals surface area contributed by atoms with Gasteiger partial charge < -0.3 is 10.1 Å². The average Bonchev–Trinajstić information content (AvgIpc) is 3.11. The lowest BCUT2D eigenvalue weighted by Crippen LogP contribution is -2.49. The molecular weight excluding hydrogens is 322 g/mol. The first-order chi connectivity index (χ1) is 11.7. The fourth-order valence-corrected chi connectivity index (χ4v) is 3.26. The van der Waals surface area contributed by atoms with Crippen molar-refractivity contribution in [2.24, 2.45) is 0 Å². The summed E-state index contributed by atoms with van der Waals surface area (Å²) in [7, 11) is 1.56. The lowest BCUT2D eigenvalue weighted by molar-refractivity contribution is 0.0940. The first-order valence-corrected chi connectivity index (χ1v) is 8.52. The second kappa shape index (κ2) is 7.49. The number of thiocarbonyl (C=S) groups is 1. The average molecular weight is 343 g/mol. The molecule has 0 radical (unpaired) electrons. The number of benzene rings is 2. The van der Waals surface area contributed by atoms with Gasteiger partial charge in [0, 0.05) is 6.04 Å². The zero-order valence-electron chi connectivity index (χ0n) is 13.6. The van der Waals surface area contributed by atoms with Gasteiger partial charge in [0.25, 0.3) is 5.91 Å². The second-order valence-corrected chi connectivity index (χ2v) is 6.34. The first kappa shape index (κ1) is 16.5. The third-order valence-electron chi connectivity index (χ3n) is 4.29. The minimum atomic E-state index is -0.284. The van der Waals surface area contributed by atoms with Crippen molar-refractivity contribution in [3.8, 4) is 5.75 Å². The molecule has 0 aromatic heterocycles. The van der Waals surface area contributed by atoms with Gasteiger partial charge in [0.2, 0.25) is 0 Å². The number of fused-ring (bicyclic) bond motifs is 1.